The number of aliphatic hydroxyl groups excluding tert-OH is 1. The van der Waals surface area contributed by atoms with Gasteiger partial charge in [-0.2, -0.15) is 9.97 Å². The van der Waals surface area contributed by atoms with Gasteiger partial charge in [0.25, 0.3) is 0 Å². The van der Waals surface area contributed by atoms with Crippen molar-refractivity contribution >= 4 is 58.9 Å². The minimum absolute atomic E-state index is 0.0515. The molecule has 0 bridgehead atoms. The van der Waals surface area contributed by atoms with E-state index in [1.807, 2.05) is 0 Å². The minimum atomic E-state index is -3.52. The number of carbonyl (C=O) groups excluding carboxylic acids is 1. The molecule has 0 unspecified atom stereocenters. The predicted molar refractivity (Wildman–Crippen MR) is 155 cm³/mol. The standard InChI is InChI=1S/C24H32ClFN7O6PS/c1-5-36-22(35)14(2)31-40(41,39-15-9-7-6-8-10-15)37-12-24(11-25)18(34)16(26)21(38-24)33-13-28-17-19(32(3)4)29-23(27)30-20(17)33/h6-10,13-14,16,18,21,34H,5,11-12H2,1-4H3,(H,31,41)(H2,27,29,30)/t14-,16-,18-,21+,24+,40+/m0/s1. The van der Waals surface area contributed by atoms with Crippen molar-refractivity contribution in [2.75, 3.05) is 43.8 Å². The van der Waals surface area contributed by atoms with Crippen LogP contribution in [0.15, 0.2) is 36.7 Å². The molecule has 0 saturated carbocycles. The van der Waals surface area contributed by atoms with Crippen LogP contribution in [0.5, 0.6) is 5.75 Å². The Balaban J connectivity index is 1.62. The van der Waals surface area contributed by atoms with Gasteiger partial charge >= 0.3 is 12.6 Å². The number of halogens is 2. The molecule has 1 aliphatic rings. The molecular weight excluding hydrogens is 600 g/mol. The summed E-state index contributed by atoms with van der Waals surface area (Å²) in [6.45, 7) is -0.617. The maximum atomic E-state index is 15.7. The highest BCUT2D eigenvalue weighted by molar-refractivity contribution is 8.09. The van der Waals surface area contributed by atoms with Gasteiger partial charge in [-0.3, -0.25) is 9.36 Å². The Morgan fingerprint density at radius 2 is 2.10 bits per heavy atom. The van der Waals surface area contributed by atoms with Crippen molar-refractivity contribution in [3.8, 4) is 5.75 Å². The van der Waals surface area contributed by atoms with E-state index < -0.39 is 49.4 Å². The Morgan fingerprint density at radius 3 is 2.73 bits per heavy atom. The van der Waals surface area contributed by atoms with Gasteiger partial charge in [0.15, 0.2) is 29.4 Å². The SMILES string of the molecule is CCOC(=O)[C@H](C)N[P@@](=S)(OC[C@@]1(CCl)O[C@@H](n2cnc3c(N(C)C)nc(N)nc32)[C@@H](F)[C@@H]1O)Oc1ccccc1. The summed E-state index contributed by atoms with van der Waals surface area (Å²) < 4.78 is 40.2. The highest BCUT2D eigenvalue weighted by Gasteiger charge is 2.57. The molecule has 6 atom stereocenters. The van der Waals surface area contributed by atoms with E-state index in [9.17, 15) is 9.90 Å². The van der Waals surface area contributed by atoms with E-state index in [0.29, 0.717) is 17.1 Å². The van der Waals surface area contributed by atoms with Gasteiger partial charge in [-0.05, 0) is 37.8 Å². The number of ether oxygens (including phenoxy) is 2. The van der Waals surface area contributed by atoms with Crippen LogP contribution in [0.2, 0.25) is 0 Å². The lowest BCUT2D eigenvalue weighted by Crippen LogP contribution is -2.48. The summed E-state index contributed by atoms with van der Waals surface area (Å²) in [4.78, 5) is 26.7. The second kappa shape index (κ2) is 12.7. The highest BCUT2D eigenvalue weighted by Crippen LogP contribution is 2.49. The summed E-state index contributed by atoms with van der Waals surface area (Å²) in [5.74, 6) is -0.198. The number of hydrogen-bond acceptors (Lipinski definition) is 12. The Kier molecular flexibility index (Phi) is 9.69. The number of nitrogens with two attached hydrogens (primary N) is 1. The average molecular weight is 632 g/mol. The zero-order valence-electron chi connectivity index (χ0n) is 22.8. The molecule has 4 N–H and O–H groups in total. The number of esters is 1. The molecule has 224 valence electrons. The number of nitrogens with zero attached hydrogens (tertiary/aromatic N) is 5. The first kappa shape index (κ1) is 31.3. The molecule has 3 aromatic rings. The van der Waals surface area contributed by atoms with Crippen LogP contribution in [0, 0.1) is 0 Å². The Labute approximate surface area is 246 Å². The summed E-state index contributed by atoms with van der Waals surface area (Å²) >= 11 is 12.0. The molecule has 4 rings (SSSR count). The van der Waals surface area contributed by atoms with Crippen molar-refractivity contribution in [1.82, 2.24) is 24.6 Å². The molecule has 3 heterocycles. The largest absolute Gasteiger partial charge is 0.465 e. The average Bonchev–Trinajstić information content (AvgIpc) is 3.46. The topological polar surface area (TPSA) is 159 Å². The number of fused-ring (bicyclic) bond motifs is 1. The van der Waals surface area contributed by atoms with Crippen molar-refractivity contribution in [2.45, 2.75) is 44.0 Å². The van der Waals surface area contributed by atoms with E-state index in [0.717, 1.165) is 0 Å². The number of nitrogens with one attached hydrogen (secondary N) is 1. The summed E-state index contributed by atoms with van der Waals surface area (Å²) in [7, 11) is 3.50. The molecule has 1 saturated heterocycles. The summed E-state index contributed by atoms with van der Waals surface area (Å²) in [5.41, 5.74) is 4.70. The molecule has 41 heavy (non-hydrogen) atoms. The molecule has 0 spiro atoms. The van der Waals surface area contributed by atoms with Crippen molar-refractivity contribution in [3.05, 3.63) is 36.7 Å². The monoisotopic (exact) mass is 631 g/mol. The number of carbonyl (C=O) groups is 1. The smallest absolute Gasteiger partial charge is 0.323 e. The molecule has 0 radical (unpaired) electrons. The summed E-state index contributed by atoms with van der Waals surface area (Å²) in [6, 6.07) is 7.68. The number of anilines is 2. The van der Waals surface area contributed by atoms with E-state index >= 15 is 4.39 Å². The third-order valence-electron chi connectivity index (χ3n) is 6.25. The van der Waals surface area contributed by atoms with Crippen molar-refractivity contribution in [3.63, 3.8) is 0 Å². The highest BCUT2D eigenvalue weighted by atomic mass is 35.5. The van der Waals surface area contributed by atoms with Crippen LogP contribution in [0.4, 0.5) is 16.2 Å². The van der Waals surface area contributed by atoms with Crippen LogP contribution in [0.1, 0.15) is 20.1 Å². The minimum Gasteiger partial charge on any atom is -0.465 e. The lowest BCUT2D eigenvalue weighted by molar-refractivity contribution is -0.144. The van der Waals surface area contributed by atoms with Crippen LogP contribution in [0.25, 0.3) is 11.2 Å². The van der Waals surface area contributed by atoms with Crippen LogP contribution in [-0.2, 0) is 30.6 Å². The first-order valence-corrected chi connectivity index (χ1v) is 15.8. The fourth-order valence-corrected chi connectivity index (χ4v) is 6.91. The predicted octanol–water partition coefficient (Wildman–Crippen LogP) is 2.54. The molecule has 17 heteroatoms. The van der Waals surface area contributed by atoms with Gasteiger partial charge in [0.05, 0.1) is 25.4 Å². The number of aromatic nitrogens is 4. The van der Waals surface area contributed by atoms with Gasteiger partial charge in [-0.1, -0.05) is 18.2 Å². The number of para-hydroxylation sites is 1. The Hall–Kier alpha value is -2.65. The van der Waals surface area contributed by atoms with E-state index in [1.165, 1.54) is 10.9 Å². The zero-order valence-corrected chi connectivity index (χ0v) is 25.3. The maximum absolute atomic E-state index is 15.7. The first-order chi connectivity index (χ1) is 19.4. The first-order valence-electron chi connectivity index (χ1n) is 12.6. The normalized spacial score (nSPS) is 24.6. The lowest BCUT2D eigenvalue weighted by atomic mass is 9.99. The zero-order chi connectivity index (χ0) is 29.9. The molecule has 1 aliphatic heterocycles. The van der Waals surface area contributed by atoms with Crippen molar-refractivity contribution in [1.29, 1.82) is 0 Å². The van der Waals surface area contributed by atoms with E-state index in [4.69, 9.17) is 47.7 Å². The van der Waals surface area contributed by atoms with Gasteiger partial charge < -0.3 is 34.3 Å². The summed E-state index contributed by atoms with van der Waals surface area (Å²) in [6.07, 6.45) is -3.77. The van der Waals surface area contributed by atoms with Gasteiger partial charge in [0, 0.05) is 14.1 Å². The third kappa shape index (κ3) is 6.56. The van der Waals surface area contributed by atoms with Crippen LogP contribution >= 0.6 is 18.2 Å². The van der Waals surface area contributed by atoms with E-state index in [-0.39, 0.29) is 24.1 Å². The number of benzene rings is 1. The molecule has 0 amide bonds. The van der Waals surface area contributed by atoms with Crippen molar-refractivity contribution in [2.24, 2.45) is 0 Å². The quantitative estimate of drug-likeness (QED) is 0.152. The number of hydrogen-bond donors (Lipinski definition) is 3. The molecule has 0 aliphatic carbocycles. The Morgan fingerprint density at radius 1 is 1.39 bits per heavy atom. The van der Waals surface area contributed by atoms with Gasteiger partial charge in [0.2, 0.25) is 5.95 Å². The van der Waals surface area contributed by atoms with Gasteiger partial charge in [-0.15, -0.1) is 11.6 Å². The van der Waals surface area contributed by atoms with Crippen molar-refractivity contribution < 1.29 is 32.8 Å². The van der Waals surface area contributed by atoms with Crippen LogP contribution in [0.3, 0.4) is 0 Å². The Bertz CT molecular complexity index is 1420. The van der Waals surface area contributed by atoms with Crippen LogP contribution < -0.4 is 20.2 Å². The van der Waals surface area contributed by atoms with E-state index in [1.54, 1.807) is 63.2 Å². The molecule has 2 aromatic heterocycles. The fraction of sp³-hybridized carbons (Fsp3) is 0.500. The number of nitrogen functional groups attached to an aromatic ring is 1. The molecular formula is C24H32ClFN7O6PS. The number of alkyl halides is 2. The second-order valence-electron chi connectivity index (χ2n) is 9.50. The fourth-order valence-electron chi connectivity index (χ4n) is 4.18. The second-order valence-corrected chi connectivity index (χ2v) is 12.9. The van der Waals surface area contributed by atoms with Crippen LogP contribution in [-0.4, -0.2) is 87.7 Å². The van der Waals surface area contributed by atoms with Gasteiger partial charge in [0.1, 0.15) is 23.5 Å². The van der Waals surface area contributed by atoms with Gasteiger partial charge in [-0.25, -0.2) is 14.5 Å². The number of imidazole rings is 1. The van der Waals surface area contributed by atoms with E-state index in [2.05, 4.69) is 20.0 Å². The lowest BCUT2D eigenvalue weighted by Gasteiger charge is -2.33. The number of aliphatic hydroxyl groups is 1. The molecule has 13 nitrogen and oxygen atoms in total. The maximum Gasteiger partial charge on any atom is 0.323 e. The third-order valence-corrected chi connectivity index (χ3v) is 9.18. The summed E-state index contributed by atoms with van der Waals surface area (Å²) in [5, 5.41) is 13.9. The number of rotatable bonds is 12. The molecule has 1 aromatic carbocycles. The molecule has 1 fully saturated rings.